The zero-order valence-corrected chi connectivity index (χ0v) is 16.8. The molecular formula is C23H26N4O2. The Morgan fingerprint density at radius 2 is 1.72 bits per heavy atom. The molecule has 6 nitrogen and oxygen atoms in total. The van der Waals surface area contributed by atoms with E-state index < -0.39 is 0 Å². The first-order valence-electron chi connectivity index (χ1n) is 9.63. The monoisotopic (exact) mass is 390 g/mol. The highest BCUT2D eigenvalue weighted by atomic mass is 16.5. The van der Waals surface area contributed by atoms with Crippen molar-refractivity contribution in [1.82, 2.24) is 14.9 Å². The molecule has 29 heavy (non-hydrogen) atoms. The van der Waals surface area contributed by atoms with Crippen LogP contribution in [0.1, 0.15) is 21.5 Å². The van der Waals surface area contributed by atoms with E-state index in [1.54, 1.807) is 42.7 Å². The van der Waals surface area contributed by atoms with E-state index in [0.717, 1.165) is 30.7 Å². The molecule has 0 saturated heterocycles. The average molecular weight is 390 g/mol. The maximum Gasteiger partial charge on any atom is 0.253 e. The quantitative estimate of drug-likeness (QED) is 0.606. The highest BCUT2D eigenvalue weighted by Crippen LogP contribution is 2.13. The maximum absolute atomic E-state index is 12.7. The standard InChI is InChI=1S/C23H26N4O2/c1-27(16-11-19-7-12-24-13-8-19)23(28)20-10-15-26-22(17-20)25-14-9-18-3-5-21(29-2)6-4-18/h3-8,10,12-13,15,17H,9,11,14,16H2,1-2H3,(H,25,26). The lowest BCUT2D eigenvalue weighted by Crippen LogP contribution is -2.29. The van der Waals surface area contributed by atoms with Gasteiger partial charge in [-0.15, -0.1) is 0 Å². The fraction of sp³-hybridized carbons (Fsp3) is 0.261. The van der Waals surface area contributed by atoms with Gasteiger partial charge in [-0.05, 0) is 60.4 Å². The Kier molecular flexibility index (Phi) is 7.16. The van der Waals surface area contributed by atoms with Gasteiger partial charge >= 0.3 is 0 Å². The van der Waals surface area contributed by atoms with E-state index in [0.29, 0.717) is 17.9 Å². The molecule has 0 radical (unpaired) electrons. The van der Waals surface area contributed by atoms with E-state index in [2.05, 4.69) is 15.3 Å². The second kappa shape index (κ2) is 10.2. The van der Waals surface area contributed by atoms with Crippen LogP contribution in [0.3, 0.4) is 0 Å². The number of likely N-dealkylation sites (N-methyl/N-ethyl adjacent to an activating group) is 1. The molecule has 2 heterocycles. The van der Waals surface area contributed by atoms with Gasteiger partial charge in [-0.25, -0.2) is 4.98 Å². The fourth-order valence-electron chi connectivity index (χ4n) is 2.96. The zero-order chi connectivity index (χ0) is 20.5. The molecule has 0 aliphatic heterocycles. The molecule has 1 amide bonds. The molecule has 0 aliphatic rings. The van der Waals surface area contributed by atoms with Crippen molar-refractivity contribution < 1.29 is 9.53 Å². The number of rotatable bonds is 9. The topological polar surface area (TPSA) is 67.3 Å². The lowest BCUT2D eigenvalue weighted by Gasteiger charge is -2.17. The summed E-state index contributed by atoms with van der Waals surface area (Å²) in [5, 5.41) is 3.29. The number of anilines is 1. The van der Waals surface area contributed by atoms with Gasteiger partial charge in [-0.2, -0.15) is 0 Å². The number of carbonyl (C=O) groups excluding carboxylic acids is 1. The van der Waals surface area contributed by atoms with Crippen molar-refractivity contribution in [1.29, 1.82) is 0 Å². The number of pyridine rings is 2. The van der Waals surface area contributed by atoms with Gasteiger partial charge in [0.1, 0.15) is 11.6 Å². The first-order chi connectivity index (χ1) is 14.2. The number of amides is 1. The molecule has 0 atom stereocenters. The number of methoxy groups -OCH3 is 1. The third kappa shape index (κ3) is 6.04. The van der Waals surface area contributed by atoms with Gasteiger partial charge in [-0.1, -0.05) is 12.1 Å². The minimum atomic E-state index is -0.0142. The second-order valence-electron chi connectivity index (χ2n) is 6.79. The van der Waals surface area contributed by atoms with Crippen LogP contribution in [-0.2, 0) is 12.8 Å². The predicted octanol–water partition coefficient (Wildman–Crippen LogP) is 3.45. The number of aromatic nitrogens is 2. The van der Waals surface area contributed by atoms with E-state index in [1.807, 2.05) is 43.4 Å². The number of carbonyl (C=O) groups is 1. The number of nitrogens with zero attached hydrogens (tertiary/aromatic N) is 3. The van der Waals surface area contributed by atoms with Crippen molar-refractivity contribution in [3.8, 4) is 5.75 Å². The smallest absolute Gasteiger partial charge is 0.253 e. The van der Waals surface area contributed by atoms with E-state index >= 15 is 0 Å². The molecule has 0 spiro atoms. The number of ether oxygens (including phenoxy) is 1. The van der Waals surface area contributed by atoms with Crippen LogP contribution in [0.5, 0.6) is 5.75 Å². The van der Waals surface area contributed by atoms with Crippen molar-refractivity contribution in [2.45, 2.75) is 12.8 Å². The molecule has 0 saturated carbocycles. The molecule has 3 aromatic rings. The van der Waals surface area contributed by atoms with Crippen molar-refractivity contribution in [3.63, 3.8) is 0 Å². The lowest BCUT2D eigenvalue weighted by molar-refractivity contribution is 0.0796. The average Bonchev–Trinajstić information content (AvgIpc) is 2.78. The molecule has 0 aliphatic carbocycles. The normalized spacial score (nSPS) is 10.4. The van der Waals surface area contributed by atoms with E-state index in [1.165, 1.54) is 5.56 Å². The molecule has 3 rings (SSSR count). The molecule has 2 aromatic heterocycles. The predicted molar refractivity (Wildman–Crippen MR) is 114 cm³/mol. The first kappa shape index (κ1) is 20.3. The van der Waals surface area contributed by atoms with Gasteiger partial charge in [0.05, 0.1) is 7.11 Å². The van der Waals surface area contributed by atoms with Gasteiger partial charge in [0.15, 0.2) is 0 Å². The van der Waals surface area contributed by atoms with Crippen molar-refractivity contribution in [2.24, 2.45) is 0 Å². The molecule has 1 aromatic carbocycles. The summed E-state index contributed by atoms with van der Waals surface area (Å²) in [6, 6.07) is 15.5. The number of hydrogen-bond acceptors (Lipinski definition) is 5. The first-order valence-corrected chi connectivity index (χ1v) is 9.63. The van der Waals surface area contributed by atoms with Crippen molar-refractivity contribution in [2.75, 3.05) is 32.6 Å². The summed E-state index contributed by atoms with van der Waals surface area (Å²) in [5.74, 6) is 1.54. The van der Waals surface area contributed by atoms with Gasteiger partial charge in [0, 0.05) is 44.3 Å². The summed E-state index contributed by atoms with van der Waals surface area (Å²) in [6.45, 7) is 1.38. The SMILES string of the molecule is COc1ccc(CCNc2cc(C(=O)N(C)CCc3ccncc3)ccn2)cc1. The lowest BCUT2D eigenvalue weighted by atomic mass is 10.1. The fourth-order valence-corrected chi connectivity index (χ4v) is 2.96. The molecule has 0 fully saturated rings. The molecule has 150 valence electrons. The summed E-state index contributed by atoms with van der Waals surface area (Å²) >= 11 is 0. The molecule has 0 unspecified atom stereocenters. The Labute approximate surface area is 171 Å². The third-order valence-electron chi connectivity index (χ3n) is 4.72. The second-order valence-corrected chi connectivity index (χ2v) is 6.79. The Balaban J connectivity index is 1.51. The number of nitrogens with one attached hydrogen (secondary N) is 1. The van der Waals surface area contributed by atoms with Crippen LogP contribution in [0.25, 0.3) is 0 Å². The maximum atomic E-state index is 12.7. The van der Waals surface area contributed by atoms with Crippen LogP contribution >= 0.6 is 0 Å². The summed E-state index contributed by atoms with van der Waals surface area (Å²) in [7, 11) is 3.48. The Hall–Kier alpha value is -3.41. The zero-order valence-electron chi connectivity index (χ0n) is 16.8. The summed E-state index contributed by atoms with van der Waals surface area (Å²) in [5.41, 5.74) is 3.00. The van der Waals surface area contributed by atoms with Gasteiger partial charge < -0.3 is 15.0 Å². The summed E-state index contributed by atoms with van der Waals surface area (Å²) < 4.78 is 5.18. The van der Waals surface area contributed by atoms with Crippen LogP contribution < -0.4 is 10.1 Å². The van der Waals surface area contributed by atoms with Crippen molar-refractivity contribution >= 4 is 11.7 Å². The molecule has 0 bridgehead atoms. The van der Waals surface area contributed by atoms with Gasteiger partial charge in [0.25, 0.3) is 5.91 Å². The Morgan fingerprint density at radius 3 is 2.45 bits per heavy atom. The highest BCUT2D eigenvalue weighted by Gasteiger charge is 2.12. The molecular weight excluding hydrogens is 364 g/mol. The summed E-state index contributed by atoms with van der Waals surface area (Å²) in [6.07, 6.45) is 6.85. The van der Waals surface area contributed by atoms with E-state index in [-0.39, 0.29) is 5.91 Å². The molecule has 1 N–H and O–H groups in total. The Bertz CT molecular complexity index is 914. The van der Waals surface area contributed by atoms with Gasteiger partial charge in [-0.3, -0.25) is 9.78 Å². The van der Waals surface area contributed by atoms with Crippen LogP contribution in [-0.4, -0.2) is 48.0 Å². The van der Waals surface area contributed by atoms with E-state index in [9.17, 15) is 4.79 Å². The largest absolute Gasteiger partial charge is 0.497 e. The van der Waals surface area contributed by atoms with E-state index in [4.69, 9.17) is 4.74 Å². The minimum absolute atomic E-state index is 0.0142. The van der Waals surface area contributed by atoms with Crippen LogP contribution in [0.4, 0.5) is 5.82 Å². The van der Waals surface area contributed by atoms with Crippen molar-refractivity contribution in [3.05, 3.63) is 83.8 Å². The Morgan fingerprint density at radius 1 is 1.00 bits per heavy atom. The van der Waals surface area contributed by atoms with Gasteiger partial charge in [0.2, 0.25) is 0 Å². The number of hydrogen-bond donors (Lipinski definition) is 1. The minimum Gasteiger partial charge on any atom is -0.497 e. The summed E-state index contributed by atoms with van der Waals surface area (Å²) in [4.78, 5) is 22.8. The van der Waals surface area contributed by atoms with Crippen LogP contribution in [0.2, 0.25) is 0 Å². The van der Waals surface area contributed by atoms with Crippen LogP contribution in [0, 0.1) is 0 Å². The number of benzene rings is 1. The van der Waals surface area contributed by atoms with Crippen LogP contribution in [0.15, 0.2) is 67.1 Å². The molecule has 6 heteroatoms. The third-order valence-corrected chi connectivity index (χ3v) is 4.72. The highest BCUT2D eigenvalue weighted by molar-refractivity contribution is 5.94.